The zero-order valence-electron chi connectivity index (χ0n) is 16.2. The molecule has 0 unspecified atom stereocenters. The molecule has 0 fully saturated rings. The largest absolute Gasteiger partial charge is 0.484 e. The van der Waals surface area contributed by atoms with E-state index >= 15 is 0 Å². The van der Waals surface area contributed by atoms with Crippen LogP contribution >= 0.6 is 0 Å². The number of fused-ring (bicyclic) bond motifs is 1. The van der Waals surface area contributed by atoms with Gasteiger partial charge in [-0.15, -0.1) is 0 Å². The number of carbonyl (C=O) groups excluding carboxylic acids is 2. The van der Waals surface area contributed by atoms with Crippen molar-refractivity contribution in [2.45, 2.75) is 13.0 Å². The second kappa shape index (κ2) is 9.08. The Hall–Kier alpha value is -3.28. The molecule has 0 aliphatic carbocycles. The quantitative estimate of drug-likeness (QED) is 0.612. The van der Waals surface area contributed by atoms with Crippen molar-refractivity contribution in [3.05, 3.63) is 66.4 Å². The van der Waals surface area contributed by atoms with Crippen LogP contribution in [0.5, 0.6) is 5.75 Å². The first-order valence-corrected chi connectivity index (χ1v) is 9.29. The predicted octanol–water partition coefficient (Wildman–Crippen LogP) is 2.93. The molecular weight excluding hydrogens is 354 g/mol. The van der Waals surface area contributed by atoms with E-state index in [1.54, 1.807) is 38.4 Å². The number of nitrogens with zero attached hydrogens (tertiary/aromatic N) is 2. The number of aryl methyl sites for hydroxylation is 1. The van der Waals surface area contributed by atoms with Crippen molar-refractivity contribution in [1.29, 1.82) is 0 Å². The van der Waals surface area contributed by atoms with E-state index in [4.69, 9.17) is 4.74 Å². The van der Waals surface area contributed by atoms with Crippen molar-refractivity contribution in [2.24, 2.45) is 0 Å². The van der Waals surface area contributed by atoms with Gasteiger partial charge in [0.15, 0.2) is 6.61 Å². The van der Waals surface area contributed by atoms with E-state index < -0.39 is 0 Å². The molecule has 2 amide bonds. The first-order valence-electron chi connectivity index (χ1n) is 9.29. The smallest absolute Gasteiger partial charge is 0.259 e. The zero-order chi connectivity index (χ0) is 19.9. The molecule has 1 heterocycles. The highest BCUT2D eigenvalue weighted by atomic mass is 16.5. The van der Waals surface area contributed by atoms with Crippen molar-refractivity contribution >= 4 is 22.7 Å². The van der Waals surface area contributed by atoms with Crippen molar-refractivity contribution < 1.29 is 14.3 Å². The summed E-state index contributed by atoms with van der Waals surface area (Å²) in [6, 6.07) is 17.2. The Morgan fingerprint density at radius 2 is 1.89 bits per heavy atom. The van der Waals surface area contributed by atoms with E-state index in [-0.39, 0.29) is 18.4 Å². The Bertz CT molecular complexity index is 962. The fourth-order valence-corrected chi connectivity index (χ4v) is 2.89. The number of benzene rings is 2. The van der Waals surface area contributed by atoms with Crippen LogP contribution in [0.25, 0.3) is 10.9 Å². The van der Waals surface area contributed by atoms with Crippen LogP contribution in [0.3, 0.4) is 0 Å². The molecule has 0 saturated carbocycles. The molecule has 6 heteroatoms. The monoisotopic (exact) mass is 379 g/mol. The number of nitrogens with one attached hydrogen (secondary N) is 1. The summed E-state index contributed by atoms with van der Waals surface area (Å²) < 4.78 is 7.65. The van der Waals surface area contributed by atoms with E-state index in [2.05, 4.69) is 34.3 Å². The minimum Gasteiger partial charge on any atom is -0.484 e. The molecule has 28 heavy (non-hydrogen) atoms. The normalized spacial score (nSPS) is 10.6. The summed E-state index contributed by atoms with van der Waals surface area (Å²) in [6.07, 6.45) is 2.90. The minimum absolute atomic E-state index is 0.0527. The van der Waals surface area contributed by atoms with Crippen LogP contribution in [0.2, 0.25) is 0 Å². The highest BCUT2D eigenvalue weighted by molar-refractivity contribution is 5.94. The summed E-state index contributed by atoms with van der Waals surface area (Å²) in [5.41, 5.74) is 1.71. The van der Waals surface area contributed by atoms with Gasteiger partial charge in [0.1, 0.15) is 5.75 Å². The Morgan fingerprint density at radius 3 is 2.71 bits per heavy atom. The molecule has 0 aliphatic rings. The van der Waals surface area contributed by atoms with Gasteiger partial charge in [-0.2, -0.15) is 0 Å². The van der Waals surface area contributed by atoms with Crippen LogP contribution < -0.4 is 10.1 Å². The van der Waals surface area contributed by atoms with E-state index in [1.165, 1.54) is 15.8 Å². The summed E-state index contributed by atoms with van der Waals surface area (Å²) >= 11 is 0. The molecule has 1 N–H and O–H groups in total. The molecule has 0 saturated heterocycles. The minimum atomic E-state index is -0.151. The summed E-state index contributed by atoms with van der Waals surface area (Å²) in [5.74, 6) is 0.218. The predicted molar refractivity (Wildman–Crippen MR) is 110 cm³/mol. The molecule has 6 nitrogen and oxygen atoms in total. The number of carbonyl (C=O) groups is 2. The second-order valence-electron chi connectivity index (χ2n) is 6.78. The number of aromatic nitrogens is 1. The van der Waals surface area contributed by atoms with E-state index in [0.29, 0.717) is 17.9 Å². The van der Waals surface area contributed by atoms with Gasteiger partial charge in [0.25, 0.3) is 11.8 Å². The van der Waals surface area contributed by atoms with E-state index in [9.17, 15) is 9.59 Å². The second-order valence-corrected chi connectivity index (χ2v) is 6.78. The SMILES string of the molecule is CN(C)C(=O)COc1cccc(C(=O)NCCCn2ccc3ccccc32)c1. The number of rotatable bonds is 8. The Balaban J connectivity index is 1.48. The first-order chi connectivity index (χ1) is 13.5. The van der Waals surface area contributed by atoms with Crippen molar-refractivity contribution in [3.8, 4) is 5.75 Å². The van der Waals surface area contributed by atoms with Crippen LogP contribution in [0.4, 0.5) is 0 Å². The number of hydrogen-bond acceptors (Lipinski definition) is 3. The average Bonchev–Trinajstić information content (AvgIpc) is 3.12. The molecule has 146 valence electrons. The highest BCUT2D eigenvalue weighted by Gasteiger charge is 2.09. The van der Waals surface area contributed by atoms with Crippen LogP contribution in [0.1, 0.15) is 16.8 Å². The fourth-order valence-electron chi connectivity index (χ4n) is 2.89. The van der Waals surface area contributed by atoms with Crippen LogP contribution in [0.15, 0.2) is 60.8 Å². The molecule has 1 aromatic heterocycles. The van der Waals surface area contributed by atoms with Gasteiger partial charge in [-0.3, -0.25) is 9.59 Å². The lowest BCUT2D eigenvalue weighted by atomic mass is 10.2. The maximum Gasteiger partial charge on any atom is 0.259 e. The molecule has 0 atom stereocenters. The Labute approximate surface area is 164 Å². The van der Waals surface area contributed by atoms with Gasteiger partial charge in [0, 0.05) is 44.5 Å². The summed E-state index contributed by atoms with van der Waals surface area (Å²) in [5, 5.41) is 4.16. The van der Waals surface area contributed by atoms with Gasteiger partial charge in [0.2, 0.25) is 0 Å². The summed E-state index contributed by atoms with van der Waals surface area (Å²) in [4.78, 5) is 25.4. The van der Waals surface area contributed by atoms with Gasteiger partial charge in [-0.05, 0) is 42.1 Å². The maximum absolute atomic E-state index is 12.4. The Morgan fingerprint density at radius 1 is 1.07 bits per heavy atom. The number of para-hydroxylation sites is 1. The average molecular weight is 379 g/mol. The third-order valence-corrected chi connectivity index (χ3v) is 4.50. The molecule has 3 aromatic rings. The van der Waals surface area contributed by atoms with E-state index in [0.717, 1.165) is 13.0 Å². The fraction of sp³-hybridized carbons (Fsp3) is 0.273. The highest BCUT2D eigenvalue weighted by Crippen LogP contribution is 2.15. The molecular formula is C22H25N3O3. The molecule has 0 spiro atoms. The van der Waals surface area contributed by atoms with Gasteiger partial charge in [-0.25, -0.2) is 0 Å². The Kier molecular flexibility index (Phi) is 6.32. The third-order valence-electron chi connectivity index (χ3n) is 4.50. The number of ether oxygens (including phenoxy) is 1. The maximum atomic E-state index is 12.4. The van der Waals surface area contributed by atoms with Crippen molar-refractivity contribution in [3.63, 3.8) is 0 Å². The summed E-state index contributed by atoms with van der Waals surface area (Å²) in [7, 11) is 3.35. The van der Waals surface area contributed by atoms with Gasteiger partial charge >= 0.3 is 0 Å². The van der Waals surface area contributed by atoms with E-state index in [1.807, 2.05) is 12.1 Å². The lowest BCUT2D eigenvalue weighted by molar-refractivity contribution is -0.130. The standard InChI is InChI=1S/C22H25N3O3/c1-24(2)21(26)16-28-19-9-5-8-18(15-19)22(27)23-12-6-13-25-14-11-17-7-3-4-10-20(17)25/h3-5,7-11,14-15H,6,12-13,16H2,1-2H3,(H,23,27). The van der Waals surface area contributed by atoms with Gasteiger partial charge < -0.3 is 19.5 Å². The number of amides is 2. The van der Waals surface area contributed by atoms with Crippen molar-refractivity contribution in [2.75, 3.05) is 27.2 Å². The molecule has 0 aliphatic heterocycles. The number of likely N-dealkylation sites (N-methyl/N-ethyl adjacent to an activating group) is 1. The third kappa shape index (κ3) is 4.91. The number of hydrogen-bond donors (Lipinski definition) is 1. The van der Waals surface area contributed by atoms with Gasteiger partial charge in [0.05, 0.1) is 0 Å². The first kappa shape index (κ1) is 19.5. The zero-order valence-corrected chi connectivity index (χ0v) is 16.2. The van der Waals surface area contributed by atoms with Crippen molar-refractivity contribution in [1.82, 2.24) is 14.8 Å². The molecule has 0 radical (unpaired) electrons. The lowest BCUT2D eigenvalue weighted by Crippen LogP contribution is -2.27. The van der Waals surface area contributed by atoms with Gasteiger partial charge in [-0.1, -0.05) is 24.3 Å². The topological polar surface area (TPSA) is 63.6 Å². The molecule has 0 bridgehead atoms. The van der Waals surface area contributed by atoms with Crippen LogP contribution in [0, 0.1) is 0 Å². The lowest BCUT2D eigenvalue weighted by Gasteiger charge is -2.12. The molecule has 3 rings (SSSR count). The van der Waals surface area contributed by atoms with Crippen LogP contribution in [-0.2, 0) is 11.3 Å². The van der Waals surface area contributed by atoms with Crippen LogP contribution in [-0.4, -0.2) is 48.5 Å². The molecule has 2 aromatic carbocycles. The summed E-state index contributed by atoms with van der Waals surface area (Å²) in [6.45, 7) is 1.36.